The first-order valence-corrected chi connectivity index (χ1v) is 8.02. The van der Waals surface area contributed by atoms with Crippen LogP contribution >= 0.6 is 11.3 Å². The Labute approximate surface area is 134 Å². The van der Waals surface area contributed by atoms with E-state index < -0.39 is 6.04 Å². The lowest BCUT2D eigenvalue weighted by atomic mass is 10.0. The Hall–Kier alpha value is -2.21. The number of aromatic nitrogens is 1. The van der Waals surface area contributed by atoms with E-state index in [-0.39, 0.29) is 5.91 Å². The van der Waals surface area contributed by atoms with Gasteiger partial charge in [0.2, 0.25) is 0 Å². The number of rotatable bonds is 6. The predicted molar refractivity (Wildman–Crippen MR) is 92.4 cm³/mol. The second kappa shape index (κ2) is 7.70. The zero-order chi connectivity index (χ0) is 15.9. The fourth-order valence-corrected chi connectivity index (χ4v) is 2.49. The number of nitrogens with two attached hydrogens (primary N) is 1. The van der Waals surface area contributed by atoms with Gasteiger partial charge < -0.3 is 11.1 Å². The van der Waals surface area contributed by atoms with Gasteiger partial charge in [-0.2, -0.15) is 0 Å². The van der Waals surface area contributed by atoms with Gasteiger partial charge in [0.05, 0.1) is 0 Å². The maximum atomic E-state index is 12.4. The van der Waals surface area contributed by atoms with E-state index in [1.54, 1.807) is 12.4 Å². The van der Waals surface area contributed by atoms with Gasteiger partial charge in [-0.1, -0.05) is 32.0 Å². The third-order valence-corrected chi connectivity index (χ3v) is 3.74. The molecule has 1 aromatic heterocycles. The van der Waals surface area contributed by atoms with Gasteiger partial charge in [0.15, 0.2) is 5.13 Å². The molecule has 2 aromatic rings. The highest BCUT2D eigenvalue weighted by atomic mass is 32.1. The summed E-state index contributed by atoms with van der Waals surface area (Å²) < 4.78 is 0. The topological polar surface area (TPSA) is 80.4 Å². The highest BCUT2D eigenvalue weighted by Gasteiger charge is 2.19. The van der Waals surface area contributed by atoms with Crippen molar-refractivity contribution in [3.63, 3.8) is 0 Å². The molecule has 1 aromatic carbocycles. The number of para-hydroxylation sites is 1. The number of carbonyl (C=O) groups is 1. The van der Waals surface area contributed by atoms with Crippen LogP contribution in [0.1, 0.15) is 25.8 Å². The number of benzene rings is 1. The maximum absolute atomic E-state index is 12.4. The van der Waals surface area contributed by atoms with Crippen LogP contribution in [0.2, 0.25) is 0 Å². The van der Waals surface area contributed by atoms with Crippen molar-refractivity contribution in [2.24, 2.45) is 10.9 Å². The third kappa shape index (κ3) is 4.66. The lowest BCUT2D eigenvalue weighted by Gasteiger charge is -2.14. The van der Waals surface area contributed by atoms with Crippen molar-refractivity contribution >= 4 is 34.3 Å². The highest BCUT2D eigenvalue weighted by molar-refractivity contribution is 7.13. The number of amides is 1. The molecule has 2 rings (SSSR count). The summed E-state index contributed by atoms with van der Waals surface area (Å²) in [6, 6.07) is 7.00. The van der Waals surface area contributed by atoms with Crippen molar-refractivity contribution in [2.45, 2.75) is 26.3 Å². The van der Waals surface area contributed by atoms with Crippen LogP contribution in [0.25, 0.3) is 0 Å². The average Bonchev–Trinajstić information content (AvgIpc) is 2.97. The number of aliphatic imine (C=N–C) groups is 1. The Morgan fingerprint density at radius 1 is 1.45 bits per heavy atom. The van der Waals surface area contributed by atoms with Gasteiger partial charge >= 0.3 is 0 Å². The maximum Gasteiger partial charge on any atom is 0.250 e. The first kappa shape index (κ1) is 16.2. The van der Waals surface area contributed by atoms with E-state index in [0.29, 0.717) is 23.2 Å². The summed E-state index contributed by atoms with van der Waals surface area (Å²) in [7, 11) is 0. The lowest BCUT2D eigenvalue weighted by Crippen LogP contribution is -2.27. The van der Waals surface area contributed by atoms with E-state index in [2.05, 4.69) is 29.1 Å². The second-order valence-corrected chi connectivity index (χ2v) is 6.27. The van der Waals surface area contributed by atoms with Gasteiger partial charge in [-0.05, 0) is 18.4 Å². The van der Waals surface area contributed by atoms with E-state index in [1.165, 1.54) is 11.3 Å². The van der Waals surface area contributed by atoms with Crippen LogP contribution in [0.4, 0.5) is 10.8 Å². The number of nitrogen functional groups attached to an aromatic ring is 1. The molecule has 0 saturated carbocycles. The molecule has 3 N–H and O–H groups in total. The number of thiazole rings is 1. The minimum Gasteiger partial charge on any atom is -0.398 e. The summed E-state index contributed by atoms with van der Waals surface area (Å²) in [6.07, 6.45) is 4.00. The molecule has 1 heterocycles. The minimum atomic E-state index is -0.455. The molecule has 5 nitrogen and oxygen atoms in total. The summed E-state index contributed by atoms with van der Waals surface area (Å²) in [5.41, 5.74) is 7.36. The van der Waals surface area contributed by atoms with E-state index in [4.69, 9.17) is 5.73 Å². The van der Waals surface area contributed by atoms with E-state index in [9.17, 15) is 4.79 Å². The molecule has 1 amide bonds. The van der Waals surface area contributed by atoms with Gasteiger partial charge in [0, 0.05) is 29.0 Å². The van der Waals surface area contributed by atoms with Crippen LogP contribution in [-0.2, 0) is 4.79 Å². The van der Waals surface area contributed by atoms with Crippen molar-refractivity contribution in [3.8, 4) is 0 Å². The molecule has 0 aliphatic heterocycles. The van der Waals surface area contributed by atoms with Crippen LogP contribution < -0.4 is 11.1 Å². The first-order chi connectivity index (χ1) is 10.6. The van der Waals surface area contributed by atoms with Gasteiger partial charge in [0.1, 0.15) is 6.04 Å². The molecule has 0 bridgehead atoms. The molecule has 6 heteroatoms. The van der Waals surface area contributed by atoms with Gasteiger partial charge in [-0.25, -0.2) is 4.98 Å². The molecule has 0 aliphatic carbocycles. The van der Waals surface area contributed by atoms with Crippen molar-refractivity contribution in [2.75, 3.05) is 11.1 Å². The number of carbonyl (C=O) groups excluding carboxylic acids is 1. The normalized spacial score (nSPS) is 12.7. The second-order valence-electron chi connectivity index (χ2n) is 5.38. The average molecular weight is 316 g/mol. The fraction of sp³-hybridized carbons (Fsp3) is 0.312. The van der Waals surface area contributed by atoms with E-state index >= 15 is 0 Å². The Bertz CT molecular complexity index is 637. The number of anilines is 2. The molecule has 0 aliphatic rings. The third-order valence-electron chi connectivity index (χ3n) is 3.05. The van der Waals surface area contributed by atoms with Crippen LogP contribution in [0, 0.1) is 5.92 Å². The molecule has 0 spiro atoms. The summed E-state index contributed by atoms with van der Waals surface area (Å²) in [5, 5.41) is 5.21. The van der Waals surface area contributed by atoms with Crippen molar-refractivity contribution in [1.29, 1.82) is 0 Å². The van der Waals surface area contributed by atoms with Crippen LogP contribution in [0.3, 0.4) is 0 Å². The molecule has 116 valence electrons. The summed E-state index contributed by atoms with van der Waals surface area (Å²) in [4.78, 5) is 20.9. The summed E-state index contributed by atoms with van der Waals surface area (Å²) in [5.74, 6) is 0.215. The fourth-order valence-electron chi connectivity index (χ4n) is 1.95. The van der Waals surface area contributed by atoms with Gasteiger partial charge in [0.25, 0.3) is 5.91 Å². The molecular formula is C16H20N4OS. The highest BCUT2D eigenvalue weighted by Crippen LogP contribution is 2.15. The smallest absolute Gasteiger partial charge is 0.250 e. The zero-order valence-electron chi connectivity index (χ0n) is 12.7. The Morgan fingerprint density at radius 3 is 2.86 bits per heavy atom. The number of nitrogens with one attached hydrogen (secondary N) is 1. The van der Waals surface area contributed by atoms with Gasteiger partial charge in [-0.15, -0.1) is 11.3 Å². The SMILES string of the molecule is CC(C)CC(N=Cc1ccccc1N)C(=O)Nc1nccs1. The van der Waals surface area contributed by atoms with Crippen molar-refractivity contribution in [3.05, 3.63) is 41.4 Å². The Kier molecular flexibility index (Phi) is 5.66. The van der Waals surface area contributed by atoms with Crippen molar-refractivity contribution < 1.29 is 4.79 Å². The van der Waals surface area contributed by atoms with E-state index in [0.717, 1.165) is 5.56 Å². The number of hydrogen-bond acceptors (Lipinski definition) is 5. The van der Waals surface area contributed by atoms with E-state index in [1.807, 2.05) is 29.6 Å². The standard InChI is InChI=1S/C16H20N4OS/c1-11(2)9-14(15(21)20-16-18-7-8-22-16)19-10-12-5-3-4-6-13(12)17/h3-8,10-11,14H,9,17H2,1-2H3,(H,18,20,21). The first-order valence-electron chi connectivity index (χ1n) is 7.14. The lowest BCUT2D eigenvalue weighted by molar-refractivity contribution is -0.117. The number of nitrogens with zero attached hydrogens (tertiary/aromatic N) is 2. The molecule has 22 heavy (non-hydrogen) atoms. The van der Waals surface area contributed by atoms with Crippen LogP contribution in [0.5, 0.6) is 0 Å². The van der Waals surface area contributed by atoms with Crippen LogP contribution in [-0.4, -0.2) is 23.1 Å². The minimum absolute atomic E-state index is 0.144. The van der Waals surface area contributed by atoms with Gasteiger partial charge in [-0.3, -0.25) is 9.79 Å². The number of hydrogen-bond donors (Lipinski definition) is 2. The zero-order valence-corrected chi connectivity index (χ0v) is 13.5. The van der Waals surface area contributed by atoms with Crippen LogP contribution in [0.15, 0.2) is 40.8 Å². The summed E-state index contributed by atoms with van der Waals surface area (Å²) in [6.45, 7) is 4.13. The Balaban J connectivity index is 2.12. The molecule has 1 unspecified atom stereocenters. The molecule has 0 radical (unpaired) electrons. The molecule has 0 saturated heterocycles. The Morgan fingerprint density at radius 2 is 2.23 bits per heavy atom. The van der Waals surface area contributed by atoms with Crippen molar-refractivity contribution in [1.82, 2.24) is 4.98 Å². The molecule has 1 atom stereocenters. The quantitative estimate of drug-likeness (QED) is 0.634. The monoisotopic (exact) mass is 316 g/mol. The molecular weight excluding hydrogens is 296 g/mol. The molecule has 0 fully saturated rings. The summed E-state index contributed by atoms with van der Waals surface area (Å²) >= 11 is 1.39. The largest absolute Gasteiger partial charge is 0.398 e. The predicted octanol–water partition coefficient (Wildman–Crippen LogP) is 3.20.